The lowest BCUT2D eigenvalue weighted by atomic mass is 9.82. The van der Waals surface area contributed by atoms with Crippen molar-refractivity contribution in [2.75, 3.05) is 4.90 Å². The molecule has 0 saturated carbocycles. The minimum absolute atomic E-state index is 0.133. The quantitative estimate of drug-likeness (QED) is 0.174. The van der Waals surface area contributed by atoms with Crippen LogP contribution in [-0.2, 0) is 5.41 Å². The lowest BCUT2D eigenvalue weighted by Gasteiger charge is -2.31. The zero-order chi connectivity index (χ0) is 35.5. The molecule has 0 spiro atoms. The Morgan fingerprint density at radius 1 is 0.396 bits per heavy atom. The van der Waals surface area contributed by atoms with Crippen molar-refractivity contribution in [2.24, 2.45) is 0 Å². The second-order valence-corrected chi connectivity index (χ2v) is 14.5. The second-order valence-electron chi connectivity index (χ2n) is 14.5. The Bertz CT molecular complexity index is 2820. The second kappa shape index (κ2) is 12.3. The Hall–Kier alpha value is -6.64. The van der Waals surface area contributed by atoms with Crippen LogP contribution in [-0.4, -0.2) is 0 Å². The Labute approximate surface area is 310 Å². The predicted octanol–water partition coefficient (Wildman–Crippen LogP) is 14.4. The van der Waals surface area contributed by atoms with Gasteiger partial charge in [-0.2, -0.15) is 0 Å². The molecule has 9 aromatic rings. The molecule has 8 aromatic carbocycles. The molecule has 0 radical (unpaired) electrons. The topological polar surface area (TPSA) is 16.4 Å². The largest absolute Gasteiger partial charge is 0.456 e. The van der Waals surface area contributed by atoms with Crippen LogP contribution >= 0.6 is 0 Å². The zero-order valence-corrected chi connectivity index (χ0v) is 29.8. The molecule has 0 unspecified atom stereocenters. The highest BCUT2D eigenvalue weighted by molar-refractivity contribution is 6.08. The summed E-state index contributed by atoms with van der Waals surface area (Å²) >= 11 is 0. The SMILES string of the molecule is CC1(C)c2ccccc2-c2c(N(c3ccc4oc5ccccc5c4c3)c3ccccc3-c3ccccc3-c3ccccc3-c3ccccc3)cccc21. The van der Waals surface area contributed by atoms with Gasteiger partial charge in [0, 0.05) is 33.0 Å². The van der Waals surface area contributed by atoms with E-state index in [2.05, 4.69) is 201 Å². The summed E-state index contributed by atoms with van der Waals surface area (Å²) < 4.78 is 6.33. The third kappa shape index (κ3) is 4.94. The van der Waals surface area contributed by atoms with Crippen LogP contribution in [0.4, 0.5) is 17.1 Å². The number of fused-ring (bicyclic) bond motifs is 6. The highest BCUT2D eigenvalue weighted by Crippen LogP contribution is 2.55. The predicted molar refractivity (Wildman–Crippen MR) is 222 cm³/mol. The van der Waals surface area contributed by atoms with E-state index in [1.54, 1.807) is 0 Å². The molecule has 1 aliphatic rings. The van der Waals surface area contributed by atoms with Gasteiger partial charge in [-0.05, 0) is 80.9 Å². The van der Waals surface area contributed by atoms with Crippen molar-refractivity contribution in [3.63, 3.8) is 0 Å². The Morgan fingerprint density at radius 2 is 0.943 bits per heavy atom. The molecule has 10 rings (SSSR count). The summed E-state index contributed by atoms with van der Waals surface area (Å²) in [6.45, 7) is 4.70. The van der Waals surface area contributed by atoms with Gasteiger partial charge in [-0.25, -0.2) is 0 Å². The fourth-order valence-electron chi connectivity index (χ4n) is 8.62. The third-order valence-electron chi connectivity index (χ3n) is 11.1. The summed E-state index contributed by atoms with van der Waals surface area (Å²) in [6.07, 6.45) is 0. The summed E-state index contributed by atoms with van der Waals surface area (Å²) in [4.78, 5) is 2.48. The molecule has 2 heteroatoms. The molecule has 1 aliphatic carbocycles. The molecule has 1 heterocycles. The molecule has 252 valence electrons. The first-order chi connectivity index (χ1) is 26.1. The van der Waals surface area contributed by atoms with Gasteiger partial charge in [0.15, 0.2) is 0 Å². The number of para-hydroxylation sites is 2. The molecule has 1 aromatic heterocycles. The lowest BCUT2D eigenvalue weighted by Crippen LogP contribution is -2.16. The molecule has 53 heavy (non-hydrogen) atoms. The van der Waals surface area contributed by atoms with E-state index >= 15 is 0 Å². The minimum atomic E-state index is -0.133. The number of benzene rings is 8. The Balaban J connectivity index is 1.25. The summed E-state index contributed by atoms with van der Waals surface area (Å²) in [6, 6.07) is 67.9. The van der Waals surface area contributed by atoms with Gasteiger partial charge < -0.3 is 9.32 Å². The smallest absolute Gasteiger partial charge is 0.135 e. The highest BCUT2D eigenvalue weighted by atomic mass is 16.3. The molecular weight excluding hydrogens is 643 g/mol. The van der Waals surface area contributed by atoms with Crippen LogP contribution in [0.1, 0.15) is 25.0 Å². The van der Waals surface area contributed by atoms with Crippen molar-refractivity contribution >= 4 is 39.0 Å². The third-order valence-corrected chi connectivity index (χ3v) is 11.1. The van der Waals surface area contributed by atoms with Crippen LogP contribution in [0.25, 0.3) is 66.4 Å². The van der Waals surface area contributed by atoms with Gasteiger partial charge in [0.2, 0.25) is 0 Å². The molecule has 0 bridgehead atoms. The number of anilines is 3. The molecular formula is C51H37NO. The molecule has 0 atom stereocenters. The first kappa shape index (κ1) is 31.1. The van der Waals surface area contributed by atoms with E-state index < -0.39 is 0 Å². The fourth-order valence-corrected chi connectivity index (χ4v) is 8.62. The van der Waals surface area contributed by atoms with Gasteiger partial charge in [-0.1, -0.05) is 166 Å². The van der Waals surface area contributed by atoms with Crippen molar-refractivity contribution in [1.29, 1.82) is 0 Å². The van der Waals surface area contributed by atoms with E-state index in [9.17, 15) is 0 Å². The van der Waals surface area contributed by atoms with E-state index in [-0.39, 0.29) is 5.41 Å². The monoisotopic (exact) mass is 679 g/mol. The first-order valence-corrected chi connectivity index (χ1v) is 18.4. The fraction of sp³-hybridized carbons (Fsp3) is 0.0588. The Kier molecular flexibility index (Phi) is 7.19. The van der Waals surface area contributed by atoms with E-state index in [0.717, 1.165) is 44.6 Å². The summed E-state index contributed by atoms with van der Waals surface area (Å²) in [7, 11) is 0. The van der Waals surface area contributed by atoms with Crippen molar-refractivity contribution in [2.45, 2.75) is 19.3 Å². The molecule has 2 nitrogen and oxygen atoms in total. The average Bonchev–Trinajstić information content (AvgIpc) is 3.70. The van der Waals surface area contributed by atoms with Gasteiger partial charge >= 0.3 is 0 Å². The van der Waals surface area contributed by atoms with Crippen molar-refractivity contribution < 1.29 is 4.42 Å². The van der Waals surface area contributed by atoms with Crippen molar-refractivity contribution in [1.82, 2.24) is 0 Å². The maximum Gasteiger partial charge on any atom is 0.135 e. The lowest BCUT2D eigenvalue weighted by molar-refractivity contribution is 0.660. The number of furan rings is 1. The van der Waals surface area contributed by atoms with Gasteiger partial charge in [0.25, 0.3) is 0 Å². The number of hydrogen-bond acceptors (Lipinski definition) is 2. The van der Waals surface area contributed by atoms with Crippen LogP contribution < -0.4 is 4.90 Å². The number of hydrogen-bond donors (Lipinski definition) is 0. The van der Waals surface area contributed by atoms with Crippen molar-refractivity contribution in [3.05, 3.63) is 199 Å². The summed E-state index contributed by atoms with van der Waals surface area (Å²) in [5.41, 5.74) is 17.4. The minimum Gasteiger partial charge on any atom is -0.456 e. The van der Waals surface area contributed by atoms with E-state index in [0.29, 0.717) is 0 Å². The maximum atomic E-state index is 6.33. The van der Waals surface area contributed by atoms with E-state index in [1.807, 2.05) is 6.07 Å². The Morgan fingerprint density at radius 3 is 1.74 bits per heavy atom. The number of rotatable bonds is 6. The van der Waals surface area contributed by atoms with Crippen LogP contribution in [0, 0.1) is 0 Å². The van der Waals surface area contributed by atoms with Crippen LogP contribution in [0.5, 0.6) is 0 Å². The normalized spacial score (nSPS) is 12.9. The zero-order valence-electron chi connectivity index (χ0n) is 29.8. The van der Waals surface area contributed by atoms with Crippen LogP contribution in [0.15, 0.2) is 192 Å². The van der Waals surface area contributed by atoms with Gasteiger partial charge in [-0.15, -0.1) is 0 Å². The molecule has 0 N–H and O–H groups in total. The molecule has 0 aliphatic heterocycles. The van der Waals surface area contributed by atoms with Gasteiger partial charge in [0.1, 0.15) is 11.2 Å². The molecule has 0 amide bonds. The summed E-state index contributed by atoms with van der Waals surface area (Å²) in [5, 5.41) is 2.22. The average molecular weight is 680 g/mol. The van der Waals surface area contributed by atoms with Crippen molar-refractivity contribution in [3.8, 4) is 44.5 Å². The molecule has 0 saturated heterocycles. The molecule has 0 fully saturated rings. The van der Waals surface area contributed by atoms with Gasteiger partial charge in [0.05, 0.1) is 11.4 Å². The summed E-state index contributed by atoms with van der Waals surface area (Å²) in [5.74, 6) is 0. The number of nitrogens with zero attached hydrogens (tertiary/aromatic N) is 1. The van der Waals surface area contributed by atoms with E-state index in [1.165, 1.54) is 50.1 Å². The first-order valence-electron chi connectivity index (χ1n) is 18.4. The highest BCUT2D eigenvalue weighted by Gasteiger charge is 2.38. The van der Waals surface area contributed by atoms with E-state index in [4.69, 9.17) is 4.42 Å². The maximum absolute atomic E-state index is 6.33. The van der Waals surface area contributed by atoms with Crippen LogP contribution in [0.2, 0.25) is 0 Å². The van der Waals surface area contributed by atoms with Crippen LogP contribution in [0.3, 0.4) is 0 Å². The standard InChI is InChI=1S/C51H37NO/c1-51(2)44-26-13-10-25-42(44)50-45(51)27-16-29-47(50)52(35-31-32-49-43(33-35)41-24-12-15-30-48(41)53-49)46-28-14-11-23-40(46)39-22-9-8-21-38(39)37-20-7-6-19-36(37)34-17-4-3-5-18-34/h3-33H,1-2H3. The van der Waals surface area contributed by atoms with Gasteiger partial charge in [-0.3, -0.25) is 0 Å².